The molecule has 2 aromatic carbocycles. The van der Waals surface area contributed by atoms with Gasteiger partial charge in [0.1, 0.15) is 5.75 Å². The highest BCUT2D eigenvalue weighted by atomic mass is 19.4. The van der Waals surface area contributed by atoms with Gasteiger partial charge in [-0.3, -0.25) is 9.59 Å². The van der Waals surface area contributed by atoms with Gasteiger partial charge in [-0.25, -0.2) is 0 Å². The van der Waals surface area contributed by atoms with Crippen LogP contribution in [0.2, 0.25) is 0 Å². The van der Waals surface area contributed by atoms with Crippen LogP contribution in [0, 0.1) is 6.92 Å². The number of hydrogen-bond donors (Lipinski definition) is 3. The number of nitrogens with zero attached hydrogens (tertiary/aromatic N) is 1. The van der Waals surface area contributed by atoms with Gasteiger partial charge in [-0.1, -0.05) is 24.3 Å². The summed E-state index contributed by atoms with van der Waals surface area (Å²) in [6, 6.07) is 12.5. The smallest absolute Gasteiger partial charge is 0.406 e. The van der Waals surface area contributed by atoms with Gasteiger partial charge >= 0.3 is 6.36 Å². The number of H-pyrrole nitrogens is 1. The van der Waals surface area contributed by atoms with Crippen LogP contribution in [0.25, 0.3) is 22.8 Å². The van der Waals surface area contributed by atoms with Crippen molar-refractivity contribution in [1.29, 1.82) is 0 Å². The van der Waals surface area contributed by atoms with Crippen LogP contribution in [0.4, 0.5) is 18.9 Å². The third-order valence-corrected chi connectivity index (χ3v) is 6.65. The van der Waals surface area contributed by atoms with E-state index in [0.29, 0.717) is 45.8 Å². The molecular formula is C28H27F3N4O3. The van der Waals surface area contributed by atoms with Crippen molar-refractivity contribution in [3.63, 3.8) is 0 Å². The molecule has 3 N–H and O–H groups in total. The molecule has 2 aliphatic rings. The van der Waals surface area contributed by atoms with Gasteiger partial charge < -0.3 is 25.3 Å². The van der Waals surface area contributed by atoms with Crippen LogP contribution < -0.4 is 15.4 Å². The summed E-state index contributed by atoms with van der Waals surface area (Å²) in [5.41, 5.74) is 4.51. The molecule has 1 saturated heterocycles. The lowest BCUT2D eigenvalue weighted by Crippen LogP contribution is -2.33. The first-order valence-electron chi connectivity index (χ1n) is 12.4. The van der Waals surface area contributed by atoms with Crippen LogP contribution in [0.3, 0.4) is 0 Å². The number of carbonyl (C=O) groups excluding carboxylic acids is 2. The van der Waals surface area contributed by atoms with E-state index in [1.165, 1.54) is 37.1 Å². The Morgan fingerprint density at radius 2 is 1.87 bits per heavy atom. The molecule has 2 amide bonds. The largest absolute Gasteiger partial charge is 0.573 e. The average molecular weight is 525 g/mol. The summed E-state index contributed by atoms with van der Waals surface area (Å²) in [6.45, 7) is 5.25. The van der Waals surface area contributed by atoms with Crippen molar-refractivity contribution in [3.05, 3.63) is 71.0 Å². The number of amides is 2. The van der Waals surface area contributed by atoms with Gasteiger partial charge in [0.25, 0.3) is 11.8 Å². The maximum absolute atomic E-state index is 13.0. The Kier molecular flexibility index (Phi) is 6.98. The summed E-state index contributed by atoms with van der Waals surface area (Å²) in [4.78, 5) is 31.5. The normalized spacial score (nSPS) is 16.5. The lowest BCUT2D eigenvalue weighted by atomic mass is 9.94. The fraction of sp³-hybridized carbons (Fsp3) is 0.286. The van der Waals surface area contributed by atoms with E-state index >= 15 is 0 Å². The second-order valence-corrected chi connectivity index (χ2v) is 9.40. The van der Waals surface area contributed by atoms with Crippen LogP contribution in [0.15, 0.2) is 48.5 Å². The molecule has 10 heteroatoms. The number of nitrogens with one attached hydrogen (secondary N) is 3. The Morgan fingerprint density at radius 3 is 2.58 bits per heavy atom. The molecule has 2 aliphatic heterocycles. The summed E-state index contributed by atoms with van der Waals surface area (Å²) >= 11 is 0. The lowest BCUT2D eigenvalue weighted by Gasteiger charge is -2.14. The molecule has 0 bridgehead atoms. The summed E-state index contributed by atoms with van der Waals surface area (Å²) in [5, 5.41) is 5.81. The summed E-state index contributed by atoms with van der Waals surface area (Å²) < 4.78 is 41.7. The molecule has 0 radical (unpaired) electrons. The number of anilines is 1. The zero-order valence-electron chi connectivity index (χ0n) is 20.7. The molecule has 1 fully saturated rings. The minimum atomic E-state index is -4.78. The molecule has 0 saturated carbocycles. The van der Waals surface area contributed by atoms with E-state index in [9.17, 15) is 22.8 Å². The number of alkyl halides is 3. The fourth-order valence-corrected chi connectivity index (χ4v) is 4.95. The Bertz CT molecular complexity index is 1390. The van der Waals surface area contributed by atoms with E-state index in [-0.39, 0.29) is 17.6 Å². The predicted octanol–water partition coefficient (Wildman–Crippen LogP) is 5.21. The van der Waals surface area contributed by atoms with Crippen molar-refractivity contribution in [3.8, 4) is 16.9 Å². The zero-order valence-corrected chi connectivity index (χ0v) is 20.7. The van der Waals surface area contributed by atoms with Gasteiger partial charge in [0.15, 0.2) is 0 Å². The molecule has 7 nitrogen and oxygen atoms in total. The molecule has 0 aliphatic carbocycles. The molecule has 3 aromatic rings. The number of fused-ring (bicyclic) bond motifs is 1. The molecule has 3 heterocycles. The Balaban J connectivity index is 1.43. The van der Waals surface area contributed by atoms with Crippen LogP contribution >= 0.6 is 0 Å². The number of halogens is 3. The molecule has 0 atom stereocenters. The first kappa shape index (κ1) is 25.6. The maximum atomic E-state index is 13.0. The monoisotopic (exact) mass is 524 g/mol. The molecule has 198 valence electrons. The quantitative estimate of drug-likeness (QED) is 0.371. The molecule has 1 aromatic heterocycles. The number of aryl methyl sites for hydroxylation is 1. The number of aromatic amines is 1. The second-order valence-electron chi connectivity index (χ2n) is 9.40. The van der Waals surface area contributed by atoms with E-state index in [0.717, 1.165) is 25.3 Å². The van der Waals surface area contributed by atoms with E-state index in [2.05, 4.69) is 25.3 Å². The molecule has 38 heavy (non-hydrogen) atoms. The summed E-state index contributed by atoms with van der Waals surface area (Å²) in [5.74, 6) is -0.897. The SMILES string of the molecule is Cc1cc(C(=O)NCCN2CCCC2)c(/C=C2\C(=O)Nc3cccc(-c4ccc(OC(F)(F)F)cc4)c32)[nH]1. The van der Waals surface area contributed by atoms with Crippen molar-refractivity contribution in [1.82, 2.24) is 15.2 Å². The standard InChI is InChI=1S/C28H27F3N4O3/c1-17-15-21(26(36)32-11-14-35-12-2-3-13-35)24(33-17)16-22-25-20(5-4-6-23(25)34-27(22)37)18-7-9-19(10-8-18)38-28(29,30)31/h4-10,15-16,33H,2-3,11-14H2,1H3,(H,32,36)(H,34,37)/b22-16-. The van der Waals surface area contributed by atoms with Gasteiger partial charge in [0.05, 0.1) is 16.8 Å². The predicted molar refractivity (Wildman–Crippen MR) is 139 cm³/mol. The zero-order chi connectivity index (χ0) is 26.9. The molecule has 5 rings (SSSR count). The number of hydrogen-bond acceptors (Lipinski definition) is 4. The highest BCUT2D eigenvalue weighted by Crippen LogP contribution is 2.41. The Labute approximate surface area is 217 Å². The van der Waals surface area contributed by atoms with Gasteiger partial charge in [0.2, 0.25) is 0 Å². The summed E-state index contributed by atoms with van der Waals surface area (Å²) in [6.07, 6.45) is -0.776. The average Bonchev–Trinajstić information content (AvgIpc) is 3.58. The van der Waals surface area contributed by atoms with E-state index in [1.54, 1.807) is 30.3 Å². The van der Waals surface area contributed by atoms with Gasteiger partial charge in [-0.2, -0.15) is 0 Å². The third-order valence-electron chi connectivity index (χ3n) is 6.65. The van der Waals surface area contributed by atoms with E-state index in [4.69, 9.17) is 0 Å². The van der Waals surface area contributed by atoms with Crippen LogP contribution in [-0.2, 0) is 4.79 Å². The van der Waals surface area contributed by atoms with E-state index in [1.807, 2.05) is 6.92 Å². The number of aromatic nitrogens is 1. The molecule has 0 unspecified atom stereocenters. The van der Waals surface area contributed by atoms with Crippen molar-refractivity contribution in [2.75, 3.05) is 31.5 Å². The minimum absolute atomic E-state index is 0.229. The number of benzene rings is 2. The van der Waals surface area contributed by atoms with Crippen molar-refractivity contribution < 1.29 is 27.5 Å². The Morgan fingerprint density at radius 1 is 1.13 bits per heavy atom. The van der Waals surface area contributed by atoms with E-state index < -0.39 is 6.36 Å². The number of likely N-dealkylation sites (tertiary alicyclic amines) is 1. The third kappa shape index (κ3) is 5.60. The van der Waals surface area contributed by atoms with Gasteiger partial charge in [-0.15, -0.1) is 13.2 Å². The number of rotatable bonds is 7. The van der Waals surface area contributed by atoms with Gasteiger partial charge in [-0.05, 0) is 74.3 Å². The van der Waals surface area contributed by atoms with Crippen molar-refractivity contribution in [2.45, 2.75) is 26.1 Å². The topological polar surface area (TPSA) is 86.5 Å². The maximum Gasteiger partial charge on any atom is 0.573 e. The first-order chi connectivity index (χ1) is 18.2. The number of ether oxygens (including phenoxy) is 1. The highest BCUT2D eigenvalue weighted by molar-refractivity contribution is 6.36. The second kappa shape index (κ2) is 10.4. The lowest BCUT2D eigenvalue weighted by molar-refractivity contribution is -0.274. The first-order valence-corrected chi connectivity index (χ1v) is 12.4. The highest BCUT2D eigenvalue weighted by Gasteiger charge is 2.31. The Hall–Kier alpha value is -4.05. The van der Waals surface area contributed by atoms with Crippen molar-refractivity contribution in [2.24, 2.45) is 0 Å². The fourth-order valence-electron chi connectivity index (χ4n) is 4.95. The molecular weight excluding hydrogens is 497 g/mol. The van der Waals surface area contributed by atoms with Crippen LogP contribution in [0.5, 0.6) is 5.75 Å². The summed E-state index contributed by atoms with van der Waals surface area (Å²) in [7, 11) is 0. The number of carbonyl (C=O) groups is 2. The molecule has 0 spiro atoms. The van der Waals surface area contributed by atoms with Crippen LogP contribution in [0.1, 0.15) is 40.2 Å². The van der Waals surface area contributed by atoms with Crippen molar-refractivity contribution >= 4 is 29.2 Å². The van der Waals surface area contributed by atoms with Crippen LogP contribution in [-0.4, -0.2) is 54.2 Å². The van der Waals surface area contributed by atoms with Gasteiger partial charge in [0, 0.05) is 30.0 Å². The minimum Gasteiger partial charge on any atom is -0.406 e.